The van der Waals surface area contributed by atoms with E-state index in [-0.39, 0.29) is 5.92 Å². The molecule has 2 fully saturated rings. The summed E-state index contributed by atoms with van der Waals surface area (Å²) in [6.07, 6.45) is 3.38. The Labute approximate surface area is 137 Å². The molecule has 3 rings (SSSR count). The number of amides is 1. The summed E-state index contributed by atoms with van der Waals surface area (Å²) in [6.45, 7) is 9.06. The second kappa shape index (κ2) is 6.71. The predicted octanol–water partition coefficient (Wildman–Crippen LogP) is 3.82. The summed E-state index contributed by atoms with van der Waals surface area (Å²) in [5.41, 5.74) is 0. The summed E-state index contributed by atoms with van der Waals surface area (Å²) in [5.74, 6) is 1.69. The molecule has 2 unspecified atom stereocenters. The van der Waals surface area contributed by atoms with Gasteiger partial charge in [-0.1, -0.05) is 13.8 Å². The molecular weight excluding hydrogens is 294 g/mol. The molecule has 1 saturated carbocycles. The quantitative estimate of drug-likeness (QED) is 0.825. The van der Waals surface area contributed by atoms with Crippen LogP contribution in [0.15, 0.2) is 12.1 Å². The van der Waals surface area contributed by atoms with Crippen LogP contribution in [-0.4, -0.2) is 36.6 Å². The Balaban J connectivity index is 1.45. The maximum absolute atomic E-state index is 12.6. The van der Waals surface area contributed by atoms with Gasteiger partial charge in [-0.3, -0.25) is 4.79 Å². The molecule has 1 aliphatic carbocycles. The lowest BCUT2D eigenvalue weighted by atomic mass is 10.1. The van der Waals surface area contributed by atoms with Crippen LogP contribution in [0.2, 0.25) is 0 Å². The zero-order valence-corrected chi connectivity index (χ0v) is 14.7. The van der Waals surface area contributed by atoms with Crippen molar-refractivity contribution in [2.75, 3.05) is 19.7 Å². The van der Waals surface area contributed by atoms with Gasteiger partial charge in [-0.2, -0.15) is 0 Å². The van der Waals surface area contributed by atoms with Crippen molar-refractivity contribution in [3.8, 4) is 0 Å². The SMILES string of the molecule is Cc1ccc(C2CC2C(=O)N2CCC(OCC(C)C)CC2)s1. The van der Waals surface area contributed by atoms with E-state index in [1.165, 1.54) is 9.75 Å². The fourth-order valence-electron chi connectivity index (χ4n) is 3.24. The molecule has 0 aromatic carbocycles. The number of rotatable bonds is 5. The molecule has 2 atom stereocenters. The maximum Gasteiger partial charge on any atom is 0.226 e. The van der Waals surface area contributed by atoms with Gasteiger partial charge < -0.3 is 9.64 Å². The highest BCUT2D eigenvalue weighted by molar-refractivity contribution is 7.12. The standard InChI is InChI=1S/C18H27NO2S/c1-12(2)11-21-14-6-8-19(9-7-14)18(20)16-10-15(16)17-5-4-13(3)22-17/h4-5,12,14-16H,6-11H2,1-3H3. The molecule has 2 heterocycles. The van der Waals surface area contributed by atoms with Crippen LogP contribution in [0, 0.1) is 18.8 Å². The van der Waals surface area contributed by atoms with E-state index in [9.17, 15) is 4.79 Å². The molecule has 22 heavy (non-hydrogen) atoms. The predicted molar refractivity (Wildman–Crippen MR) is 90.3 cm³/mol. The molecule has 1 aromatic heterocycles. The Bertz CT molecular complexity index is 517. The van der Waals surface area contributed by atoms with Gasteiger partial charge in [0.1, 0.15) is 0 Å². The Morgan fingerprint density at radius 3 is 2.68 bits per heavy atom. The van der Waals surface area contributed by atoms with E-state index in [2.05, 4.69) is 37.8 Å². The molecule has 0 spiro atoms. The minimum absolute atomic E-state index is 0.242. The number of ether oxygens (including phenoxy) is 1. The van der Waals surface area contributed by atoms with Crippen LogP contribution in [0.3, 0.4) is 0 Å². The summed E-state index contributed by atoms with van der Waals surface area (Å²) < 4.78 is 5.91. The number of likely N-dealkylation sites (tertiary alicyclic amines) is 1. The van der Waals surface area contributed by atoms with E-state index >= 15 is 0 Å². The number of thiophene rings is 1. The lowest BCUT2D eigenvalue weighted by molar-refractivity contribution is -0.135. The van der Waals surface area contributed by atoms with E-state index in [4.69, 9.17) is 4.74 Å². The van der Waals surface area contributed by atoms with E-state index in [1.807, 2.05) is 11.3 Å². The summed E-state index contributed by atoms with van der Waals surface area (Å²) in [5, 5.41) is 0. The summed E-state index contributed by atoms with van der Waals surface area (Å²) >= 11 is 1.85. The molecule has 1 saturated heterocycles. The van der Waals surface area contributed by atoms with Gasteiger partial charge in [0.2, 0.25) is 5.91 Å². The number of piperidine rings is 1. The van der Waals surface area contributed by atoms with Gasteiger partial charge in [-0.15, -0.1) is 11.3 Å². The van der Waals surface area contributed by atoms with Gasteiger partial charge in [-0.25, -0.2) is 0 Å². The largest absolute Gasteiger partial charge is 0.378 e. The monoisotopic (exact) mass is 321 g/mol. The molecule has 4 heteroatoms. The number of hydrogen-bond acceptors (Lipinski definition) is 3. The highest BCUT2D eigenvalue weighted by atomic mass is 32.1. The average Bonchev–Trinajstić information content (AvgIpc) is 3.19. The number of nitrogens with zero attached hydrogens (tertiary/aromatic N) is 1. The lowest BCUT2D eigenvalue weighted by Gasteiger charge is -2.32. The molecule has 1 amide bonds. The fourth-order valence-corrected chi connectivity index (χ4v) is 4.30. The molecule has 0 N–H and O–H groups in total. The Morgan fingerprint density at radius 2 is 2.09 bits per heavy atom. The third-order valence-electron chi connectivity index (χ3n) is 4.65. The van der Waals surface area contributed by atoms with Crippen molar-refractivity contribution in [3.05, 3.63) is 21.9 Å². The van der Waals surface area contributed by atoms with E-state index in [1.54, 1.807) is 0 Å². The van der Waals surface area contributed by atoms with Crippen molar-refractivity contribution in [3.63, 3.8) is 0 Å². The molecule has 122 valence electrons. The highest BCUT2D eigenvalue weighted by Gasteiger charge is 2.46. The van der Waals surface area contributed by atoms with Gasteiger partial charge in [0, 0.05) is 41.3 Å². The smallest absolute Gasteiger partial charge is 0.226 e. The van der Waals surface area contributed by atoms with Crippen LogP contribution in [0.4, 0.5) is 0 Å². The summed E-state index contributed by atoms with van der Waals surface area (Å²) in [6, 6.07) is 4.36. The van der Waals surface area contributed by atoms with Crippen LogP contribution >= 0.6 is 11.3 Å². The second-order valence-electron chi connectivity index (χ2n) is 7.15. The van der Waals surface area contributed by atoms with Crippen LogP contribution in [0.5, 0.6) is 0 Å². The van der Waals surface area contributed by atoms with Crippen LogP contribution < -0.4 is 0 Å². The fraction of sp³-hybridized carbons (Fsp3) is 0.722. The third-order valence-corrected chi connectivity index (χ3v) is 5.79. The van der Waals surface area contributed by atoms with Gasteiger partial charge in [0.25, 0.3) is 0 Å². The van der Waals surface area contributed by atoms with Crippen molar-refractivity contribution < 1.29 is 9.53 Å². The molecular formula is C18H27NO2S. The van der Waals surface area contributed by atoms with Gasteiger partial charge in [-0.05, 0) is 44.2 Å². The Morgan fingerprint density at radius 1 is 1.36 bits per heavy atom. The van der Waals surface area contributed by atoms with Crippen LogP contribution in [0.1, 0.15) is 48.8 Å². The first-order valence-electron chi connectivity index (χ1n) is 8.51. The number of aryl methyl sites for hydroxylation is 1. The maximum atomic E-state index is 12.6. The number of carbonyl (C=O) groups is 1. The molecule has 2 aliphatic rings. The highest BCUT2D eigenvalue weighted by Crippen LogP contribution is 2.50. The topological polar surface area (TPSA) is 29.5 Å². The van der Waals surface area contributed by atoms with Crippen molar-refractivity contribution in [1.29, 1.82) is 0 Å². The van der Waals surface area contributed by atoms with E-state index < -0.39 is 0 Å². The normalized spacial score (nSPS) is 25.7. The summed E-state index contributed by atoms with van der Waals surface area (Å²) in [7, 11) is 0. The van der Waals surface area contributed by atoms with Crippen molar-refractivity contribution in [2.45, 2.75) is 52.1 Å². The zero-order chi connectivity index (χ0) is 15.7. The summed E-state index contributed by atoms with van der Waals surface area (Å²) in [4.78, 5) is 17.4. The van der Waals surface area contributed by atoms with E-state index in [0.29, 0.717) is 23.8 Å². The third kappa shape index (κ3) is 3.72. The van der Waals surface area contributed by atoms with Gasteiger partial charge in [0.05, 0.1) is 6.10 Å². The molecule has 3 nitrogen and oxygen atoms in total. The Hall–Kier alpha value is -0.870. The molecule has 1 aromatic rings. The van der Waals surface area contributed by atoms with Crippen molar-refractivity contribution >= 4 is 17.2 Å². The number of carbonyl (C=O) groups excluding carboxylic acids is 1. The van der Waals surface area contributed by atoms with Gasteiger partial charge in [0.15, 0.2) is 0 Å². The first kappa shape index (κ1) is 16.0. The Kier molecular flexibility index (Phi) is 4.88. The molecule has 1 aliphatic heterocycles. The van der Waals surface area contributed by atoms with Crippen LogP contribution in [-0.2, 0) is 9.53 Å². The first-order chi connectivity index (χ1) is 10.5. The van der Waals surface area contributed by atoms with Crippen molar-refractivity contribution in [1.82, 2.24) is 4.90 Å². The van der Waals surface area contributed by atoms with Crippen LogP contribution in [0.25, 0.3) is 0 Å². The average molecular weight is 321 g/mol. The minimum atomic E-state index is 0.242. The van der Waals surface area contributed by atoms with Crippen molar-refractivity contribution in [2.24, 2.45) is 11.8 Å². The number of hydrogen-bond donors (Lipinski definition) is 0. The van der Waals surface area contributed by atoms with Gasteiger partial charge >= 0.3 is 0 Å². The minimum Gasteiger partial charge on any atom is -0.378 e. The lowest BCUT2D eigenvalue weighted by Crippen LogP contribution is -2.42. The molecule has 0 bridgehead atoms. The second-order valence-corrected chi connectivity index (χ2v) is 8.47. The zero-order valence-electron chi connectivity index (χ0n) is 13.9. The van der Waals surface area contributed by atoms with E-state index in [0.717, 1.165) is 39.0 Å². The molecule has 0 radical (unpaired) electrons. The first-order valence-corrected chi connectivity index (χ1v) is 9.33.